The molecule has 1 amide bonds. The quantitative estimate of drug-likeness (QED) is 0.683. The third-order valence-electron chi connectivity index (χ3n) is 4.15. The van der Waals surface area contributed by atoms with Gasteiger partial charge in [-0.2, -0.15) is 0 Å². The van der Waals surface area contributed by atoms with Gasteiger partial charge >= 0.3 is 0 Å². The molecule has 2 heterocycles. The summed E-state index contributed by atoms with van der Waals surface area (Å²) in [7, 11) is 0. The lowest BCUT2D eigenvalue weighted by atomic mass is 10.1. The highest BCUT2D eigenvalue weighted by Crippen LogP contribution is 2.25. The van der Waals surface area contributed by atoms with E-state index < -0.39 is 0 Å². The zero-order valence-electron chi connectivity index (χ0n) is 14.9. The third-order valence-corrected chi connectivity index (χ3v) is 5.53. The van der Waals surface area contributed by atoms with Crippen LogP contribution in [0.5, 0.6) is 0 Å². The standard InChI is InChI=1S/C18H22ClN3O2S.2ClH/c1-12(18(23)22-15-3-2-8-20-9-15)25-11-17-21-10-16(24-17)13-4-6-14(19)7-5-13;;/h4-7,10,12,15,20H,2-3,8-9,11H2,1H3,(H,22,23);2*1H. The monoisotopic (exact) mass is 451 g/mol. The molecule has 3 rings (SSSR count). The number of piperidine rings is 1. The van der Waals surface area contributed by atoms with E-state index in [2.05, 4.69) is 15.6 Å². The van der Waals surface area contributed by atoms with Gasteiger partial charge in [-0.15, -0.1) is 36.6 Å². The summed E-state index contributed by atoms with van der Waals surface area (Å²) in [6, 6.07) is 7.67. The van der Waals surface area contributed by atoms with Crippen LogP contribution in [0.2, 0.25) is 5.02 Å². The summed E-state index contributed by atoms with van der Waals surface area (Å²) in [6.07, 6.45) is 3.86. The maximum Gasteiger partial charge on any atom is 0.233 e. The molecule has 0 aliphatic carbocycles. The Kier molecular flexibility index (Phi) is 10.6. The van der Waals surface area contributed by atoms with Gasteiger partial charge in [0.25, 0.3) is 0 Å². The van der Waals surface area contributed by atoms with Crippen LogP contribution in [0.3, 0.4) is 0 Å². The molecule has 9 heteroatoms. The molecule has 2 atom stereocenters. The molecule has 1 fully saturated rings. The highest BCUT2D eigenvalue weighted by Gasteiger charge is 2.20. The Labute approximate surface area is 181 Å². The molecular weight excluding hydrogens is 429 g/mol. The number of thioether (sulfide) groups is 1. The van der Waals surface area contributed by atoms with Gasteiger partial charge in [0.2, 0.25) is 11.8 Å². The average molecular weight is 453 g/mol. The van der Waals surface area contributed by atoms with Gasteiger partial charge in [-0.1, -0.05) is 11.6 Å². The van der Waals surface area contributed by atoms with Crippen LogP contribution < -0.4 is 10.6 Å². The third kappa shape index (κ3) is 7.20. The lowest BCUT2D eigenvalue weighted by molar-refractivity contribution is -0.121. The van der Waals surface area contributed by atoms with Crippen LogP contribution in [-0.2, 0) is 10.5 Å². The Hall–Kier alpha value is -0.920. The first-order valence-electron chi connectivity index (χ1n) is 8.45. The SMILES string of the molecule is CC(SCc1ncc(-c2ccc(Cl)cc2)o1)C(=O)NC1CCCNC1.Cl.Cl. The highest BCUT2D eigenvalue weighted by atomic mass is 35.5. The van der Waals surface area contributed by atoms with Gasteiger partial charge in [0, 0.05) is 23.2 Å². The van der Waals surface area contributed by atoms with Gasteiger partial charge < -0.3 is 15.1 Å². The Morgan fingerprint density at radius 3 is 2.81 bits per heavy atom. The second-order valence-corrected chi connectivity index (χ2v) is 7.90. The van der Waals surface area contributed by atoms with Crippen molar-refractivity contribution in [2.24, 2.45) is 0 Å². The zero-order valence-corrected chi connectivity index (χ0v) is 18.1. The first kappa shape index (κ1) is 24.1. The summed E-state index contributed by atoms with van der Waals surface area (Å²) in [4.78, 5) is 16.6. The second-order valence-electron chi connectivity index (χ2n) is 6.13. The van der Waals surface area contributed by atoms with Crippen molar-refractivity contribution in [1.29, 1.82) is 0 Å². The number of benzene rings is 1. The Morgan fingerprint density at radius 1 is 1.41 bits per heavy atom. The molecule has 1 aliphatic heterocycles. The van der Waals surface area contributed by atoms with E-state index in [1.165, 1.54) is 11.8 Å². The zero-order chi connectivity index (χ0) is 17.6. The Morgan fingerprint density at radius 2 is 2.15 bits per heavy atom. The number of nitrogens with zero attached hydrogens (tertiary/aromatic N) is 1. The largest absolute Gasteiger partial charge is 0.440 e. The number of rotatable bonds is 6. The van der Waals surface area contributed by atoms with Crippen molar-refractivity contribution in [3.63, 3.8) is 0 Å². The summed E-state index contributed by atoms with van der Waals surface area (Å²) in [5, 5.41) is 6.95. The molecule has 5 nitrogen and oxygen atoms in total. The number of carbonyl (C=O) groups excluding carboxylic acids is 1. The van der Waals surface area contributed by atoms with Crippen molar-refractivity contribution in [2.75, 3.05) is 13.1 Å². The molecule has 2 N–H and O–H groups in total. The topological polar surface area (TPSA) is 67.2 Å². The van der Waals surface area contributed by atoms with E-state index in [1.54, 1.807) is 6.20 Å². The molecule has 1 saturated heterocycles. The van der Waals surface area contributed by atoms with Gasteiger partial charge in [-0.3, -0.25) is 4.79 Å². The van der Waals surface area contributed by atoms with Gasteiger partial charge in [0.05, 0.1) is 17.2 Å². The summed E-state index contributed by atoms with van der Waals surface area (Å²) in [5.74, 6) is 1.96. The number of amides is 1. The first-order chi connectivity index (χ1) is 12.1. The molecule has 0 saturated carbocycles. The summed E-state index contributed by atoms with van der Waals surface area (Å²) in [6.45, 7) is 3.81. The van der Waals surface area contributed by atoms with Crippen molar-refractivity contribution < 1.29 is 9.21 Å². The minimum absolute atomic E-state index is 0. The predicted octanol–water partition coefficient (Wildman–Crippen LogP) is 4.33. The smallest absolute Gasteiger partial charge is 0.233 e. The van der Waals surface area contributed by atoms with Crippen LogP contribution in [0.15, 0.2) is 34.9 Å². The van der Waals surface area contributed by atoms with Crippen LogP contribution in [0.1, 0.15) is 25.7 Å². The van der Waals surface area contributed by atoms with Crippen molar-refractivity contribution >= 4 is 54.1 Å². The number of oxazole rings is 1. The van der Waals surface area contributed by atoms with Crippen LogP contribution in [-0.4, -0.2) is 35.3 Å². The van der Waals surface area contributed by atoms with Crippen molar-refractivity contribution in [3.8, 4) is 11.3 Å². The molecule has 150 valence electrons. The summed E-state index contributed by atoms with van der Waals surface area (Å²) < 4.78 is 5.77. The minimum atomic E-state index is -0.146. The number of nitrogens with one attached hydrogen (secondary N) is 2. The van der Waals surface area contributed by atoms with Crippen molar-refractivity contribution in [2.45, 2.75) is 36.8 Å². The van der Waals surface area contributed by atoms with E-state index in [0.29, 0.717) is 22.4 Å². The fourth-order valence-corrected chi connectivity index (χ4v) is 3.56. The Balaban J connectivity index is 0.00000182. The normalized spacial score (nSPS) is 17.3. The van der Waals surface area contributed by atoms with Crippen LogP contribution in [0, 0.1) is 0 Å². The van der Waals surface area contributed by atoms with Crippen LogP contribution in [0.4, 0.5) is 0 Å². The van der Waals surface area contributed by atoms with E-state index in [4.69, 9.17) is 16.0 Å². The minimum Gasteiger partial charge on any atom is -0.440 e. The predicted molar refractivity (Wildman–Crippen MR) is 116 cm³/mol. The molecule has 0 bridgehead atoms. The molecule has 2 aromatic rings. The molecular formula is C18H24Cl3N3O2S. The highest BCUT2D eigenvalue weighted by molar-refractivity contribution is 7.99. The lowest BCUT2D eigenvalue weighted by Crippen LogP contribution is -2.47. The maximum absolute atomic E-state index is 12.3. The van der Waals surface area contributed by atoms with Crippen molar-refractivity contribution in [1.82, 2.24) is 15.6 Å². The molecule has 0 spiro atoms. The van der Waals surface area contributed by atoms with Crippen LogP contribution >= 0.6 is 48.2 Å². The van der Waals surface area contributed by atoms with E-state index >= 15 is 0 Å². The van der Waals surface area contributed by atoms with Crippen LogP contribution in [0.25, 0.3) is 11.3 Å². The van der Waals surface area contributed by atoms with Crippen molar-refractivity contribution in [3.05, 3.63) is 41.4 Å². The number of halogens is 3. The van der Waals surface area contributed by atoms with Gasteiger partial charge in [0.15, 0.2) is 5.76 Å². The molecule has 1 aromatic carbocycles. The lowest BCUT2D eigenvalue weighted by Gasteiger charge is -2.25. The molecule has 2 unspecified atom stereocenters. The Bertz CT molecular complexity index is 706. The number of hydrogen-bond acceptors (Lipinski definition) is 5. The first-order valence-corrected chi connectivity index (χ1v) is 9.88. The van der Waals surface area contributed by atoms with E-state index in [1.807, 2.05) is 31.2 Å². The second kappa shape index (κ2) is 11.8. The maximum atomic E-state index is 12.3. The van der Waals surface area contributed by atoms with E-state index in [-0.39, 0.29) is 42.0 Å². The summed E-state index contributed by atoms with van der Waals surface area (Å²) >= 11 is 7.42. The number of carbonyl (C=O) groups is 1. The molecule has 1 aromatic heterocycles. The summed E-state index contributed by atoms with van der Waals surface area (Å²) in [5.41, 5.74) is 0.934. The molecule has 1 aliphatic rings. The van der Waals surface area contributed by atoms with E-state index in [9.17, 15) is 4.79 Å². The molecule has 27 heavy (non-hydrogen) atoms. The fourth-order valence-electron chi connectivity index (χ4n) is 2.69. The van der Waals surface area contributed by atoms with Gasteiger partial charge in [-0.25, -0.2) is 4.98 Å². The molecule has 0 radical (unpaired) electrons. The van der Waals surface area contributed by atoms with E-state index in [0.717, 1.165) is 31.5 Å². The number of hydrogen-bond donors (Lipinski definition) is 2. The van der Waals surface area contributed by atoms with Gasteiger partial charge in [-0.05, 0) is 50.6 Å². The fraction of sp³-hybridized carbons (Fsp3) is 0.444. The van der Waals surface area contributed by atoms with Gasteiger partial charge in [0.1, 0.15) is 0 Å². The average Bonchev–Trinajstić information content (AvgIpc) is 3.10. The number of aromatic nitrogens is 1.